The summed E-state index contributed by atoms with van der Waals surface area (Å²) in [6.07, 6.45) is 5.27. The quantitative estimate of drug-likeness (QED) is 0.578. The highest BCUT2D eigenvalue weighted by atomic mass is 16.5. The number of hydrogen-bond donors (Lipinski definition) is 1. The SMILES string of the molecule is CCCNCC(C)(CCC)CCOC(C)C. The number of rotatable bonds is 10. The first-order chi connectivity index (χ1) is 7.54. The van der Waals surface area contributed by atoms with Crippen LogP contribution in [0.15, 0.2) is 0 Å². The molecule has 0 amide bonds. The van der Waals surface area contributed by atoms with Crippen molar-refractivity contribution in [2.75, 3.05) is 19.7 Å². The molecule has 2 heteroatoms. The van der Waals surface area contributed by atoms with E-state index in [1.54, 1.807) is 0 Å². The maximum atomic E-state index is 5.66. The smallest absolute Gasteiger partial charge is 0.0518 e. The molecule has 98 valence electrons. The van der Waals surface area contributed by atoms with E-state index in [1.807, 2.05) is 0 Å². The molecule has 1 unspecified atom stereocenters. The van der Waals surface area contributed by atoms with Gasteiger partial charge in [0.15, 0.2) is 0 Å². The summed E-state index contributed by atoms with van der Waals surface area (Å²) in [6.45, 7) is 14.2. The fourth-order valence-electron chi connectivity index (χ4n) is 2.01. The maximum Gasteiger partial charge on any atom is 0.0518 e. The van der Waals surface area contributed by atoms with Gasteiger partial charge >= 0.3 is 0 Å². The van der Waals surface area contributed by atoms with Crippen molar-refractivity contribution >= 4 is 0 Å². The van der Waals surface area contributed by atoms with E-state index in [4.69, 9.17) is 4.74 Å². The van der Waals surface area contributed by atoms with E-state index >= 15 is 0 Å². The molecule has 0 aliphatic heterocycles. The molecule has 0 aromatic heterocycles. The largest absolute Gasteiger partial charge is 0.379 e. The van der Waals surface area contributed by atoms with Crippen molar-refractivity contribution in [3.05, 3.63) is 0 Å². The Kier molecular flexibility index (Phi) is 8.96. The van der Waals surface area contributed by atoms with Crippen molar-refractivity contribution in [3.63, 3.8) is 0 Å². The summed E-state index contributed by atoms with van der Waals surface area (Å²) < 4.78 is 5.66. The van der Waals surface area contributed by atoms with Crippen molar-refractivity contribution in [1.82, 2.24) is 5.32 Å². The summed E-state index contributed by atoms with van der Waals surface area (Å²) in [5.41, 5.74) is 0.402. The molecule has 0 saturated carbocycles. The summed E-state index contributed by atoms with van der Waals surface area (Å²) in [4.78, 5) is 0. The first-order valence-electron chi connectivity index (χ1n) is 6.86. The van der Waals surface area contributed by atoms with Crippen LogP contribution in [0.3, 0.4) is 0 Å². The molecule has 0 bridgehead atoms. The van der Waals surface area contributed by atoms with Crippen molar-refractivity contribution < 1.29 is 4.74 Å². The molecular weight excluding hydrogens is 198 g/mol. The summed E-state index contributed by atoms with van der Waals surface area (Å²) in [6, 6.07) is 0. The minimum Gasteiger partial charge on any atom is -0.379 e. The molecule has 1 N–H and O–H groups in total. The van der Waals surface area contributed by atoms with Gasteiger partial charge in [0.1, 0.15) is 0 Å². The molecule has 0 saturated heterocycles. The first kappa shape index (κ1) is 15.9. The molecule has 0 heterocycles. The molecule has 0 aliphatic rings. The first-order valence-corrected chi connectivity index (χ1v) is 6.86. The minimum atomic E-state index is 0.356. The van der Waals surface area contributed by atoms with Crippen LogP contribution in [0.2, 0.25) is 0 Å². The third kappa shape index (κ3) is 8.12. The zero-order valence-corrected chi connectivity index (χ0v) is 11.9. The maximum absolute atomic E-state index is 5.66. The van der Waals surface area contributed by atoms with Gasteiger partial charge in [0.25, 0.3) is 0 Å². The third-order valence-electron chi connectivity index (χ3n) is 2.99. The minimum absolute atomic E-state index is 0.356. The number of ether oxygens (including phenoxy) is 1. The van der Waals surface area contributed by atoms with Crippen LogP contribution >= 0.6 is 0 Å². The number of nitrogens with one attached hydrogen (secondary N) is 1. The van der Waals surface area contributed by atoms with Crippen LogP contribution in [-0.2, 0) is 4.74 Å². The van der Waals surface area contributed by atoms with E-state index < -0.39 is 0 Å². The second-order valence-corrected chi connectivity index (χ2v) is 5.41. The average molecular weight is 229 g/mol. The van der Waals surface area contributed by atoms with Gasteiger partial charge in [-0.25, -0.2) is 0 Å². The molecule has 0 aliphatic carbocycles. The van der Waals surface area contributed by atoms with Gasteiger partial charge in [-0.1, -0.05) is 27.2 Å². The molecule has 0 radical (unpaired) electrons. The summed E-state index contributed by atoms with van der Waals surface area (Å²) >= 11 is 0. The highest BCUT2D eigenvalue weighted by Crippen LogP contribution is 2.26. The van der Waals surface area contributed by atoms with Gasteiger partial charge in [-0.05, 0) is 45.1 Å². The predicted octanol–water partition coefficient (Wildman–Crippen LogP) is 3.61. The zero-order valence-electron chi connectivity index (χ0n) is 11.9. The summed E-state index contributed by atoms with van der Waals surface area (Å²) in [5, 5.41) is 3.54. The highest BCUT2D eigenvalue weighted by molar-refractivity contribution is 4.76. The van der Waals surface area contributed by atoms with Crippen LogP contribution in [0.25, 0.3) is 0 Å². The van der Waals surface area contributed by atoms with Crippen LogP contribution in [0.1, 0.15) is 60.3 Å². The Bertz CT molecular complexity index is 159. The lowest BCUT2D eigenvalue weighted by Crippen LogP contribution is -2.33. The van der Waals surface area contributed by atoms with E-state index in [1.165, 1.54) is 19.3 Å². The van der Waals surface area contributed by atoms with E-state index in [9.17, 15) is 0 Å². The second kappa shape index (κ2) is 9.00. The zero-order chi connectivity index (χ0) is 12.4. The van der Waals surface area contributed by atoms with Crippen LogP contribution < -0.4 is 5.32 Å². The lowest BCUT2D eigenvalue weighted by molar-refractivity contribution is 0.0519. The fourth-order valence-corrected chi connectivity index (χ4v) is 2.01. The average Bonchev–Trinajstić information content (AvgIpc) is 2.18. The Hall–Kier alpha value is -0.0800. The monoisotopic (exact) mass is 229 g/mol. The second-order valence-electron chi connectivity index (χ2n) is 5.41. The van der Waals surface area contributed by atoms with Crippen LogP contribution in [0.4, 0.5) is 0 Å². The molecule has 0 spiro atoms. The van der Waals surface area contributed by atoms with Gasteiger partial charge in [-0.3, -0.25) is 0 Å². The van der Waals surface area contributed by atoms with Gasteiger partial charge in [-0.2, -0.15) is 0 Å². The molecular formula is C14H31NO. The molecule has 16 heavy (non-hydrogen) atoms. The van der Waals surface area contributed by atoms with Crippen LogP contribution in [-0.4, -0.2) is 25.8 Å². The van der Waals surface area contributed by atoms with Crippen molar-refractivity contribution in [1.29, 1.82) is 0 Å². The van der Waals surface area contributed by atoms with E-state index in [2.05, 4.69) is 39.9 Å². The van der Waals surface area contributed by atoms with Crippen LogP contribution in [0.5, 0.6) is 0 Å². The molecule has 1 atom stereocenters. The van der Waals surface area contributed by atoms with Gasteiger partial charge in [-0.15, -0.1) is 0 Å². The van der Waals surface area contributed by atoms with E-state index in [0.29, 0.717) is 11.5 Å². The summed E-state index contributed by atoms with van der Waals surface area (Å²) in [7, 11) is 0. The Morgan fingerprint density at radius 3 is 2.31 bits per heavy atom. The highest BCUT2D eigenvalue weighted by Gasteiger charge is 2.22. The van der Waals surface area contributed by atoms with E-state index in [-0.39, 0.29) is 0 Å². The van der Waals surface area contributed by atoms with Crippen molar-refractivity contribution in [2.24, 2.45) is 5.41 Å². The van der Waals surface area contributed by atoms with Gasteiger partial charge in [0.2, 0.25) is 0 Å². The fraction of sp³-hybridized carbons (Fsp3) is 1.00. The predicted molar refractivity (Wildman–Crippen MR) is 71.9 cm³/mol. The summed E-state index contributed by atoms with van der Waals surface area (Å²) in [5.74, 6) is 0. The molecule has 0 fully saturated rings. The van der Waals surface area contributed by atoms with Gasteiger partial charge in [0.05, 0.1) is 6.10 Å². The standard InChI is InChI=1S/C14H31NO/c1-6-8-14(5,12-15-10-7-2)9-11-16-13(3)4/h13,15H,6-12H2,1-5H3. The molecule has 0 rings (SSSR count). The topological polar surface area (TPSA) is 21.3 Å². The van der Waals surface area contributed by atoms with E-state index in [0.717, 1.165) is 26.1 Å². The van der Waals surface area contributed by atoms with Gasteiger partial charge < -0.3 is 10.1 Å². The Morgan fingerprint density at radius 1 is 1.12 bits per heavy atom. The van der Waals surface area contributed by atoms with Crippen molar-refractivity contribution in [3.8, 4) is 0 Å². The van der Waals surface area contributed by atoms with Crippen LogP contribution in [0, 0.1) is 5.41 Å². The lowest BCUT2D eigenvalue weighted by atomic mass is 9.82. The Labute approximate surface area is 102 Å². The van der Waals surface area contributed by atoms with Gasteiger partial charge in [0, 0.05) is 13.2 Å². The number of hydrogen-bond acceptors (Lipinski definition) is 2. The van der Waals surface area contributed by atoms with Crippen molar-refractivity contribution in [2.45, 2.75) is 66.4 Å². The Balaban J connectivity index is 3.90. The molecule has 2 nitrogen and oxygen atoms in total. The molecule has 0 aromatic rings. The Morgan fingerprint density at radius 2 is 1.81 bits per heavy atom. The third-order valence-corrected chi connectivity index (χ3v) is 2.99. The lowest BCUT2D eigenvalue weighted by Gasteiger charge is -2.30. The normalized spacial score (nSPS) is 15.4. The molecule has 0 aromatic carbocycles.